The molecule has 0 radical (unpaired) electrons. The van der Waals surface area contributed by atoms with E-state index in [9.17, 15) is 4.79 Å². The molecule has 0 saturated carbocycles. The Morgan fingerprint density at radius 3 is 2.78 bits per heavy atom. The molecule has 1 amide bonds. The van der Waals surface area contributed by atoms with Crippen LogP contribution >= 0.6 is 0 Å². The van der Waals surface area contributed by atoms with Crippen molar-refractivity contribution in [2.75, 3.05) is 5.32 Å². The molecule has 1 aromatic carbocycles. The molecule has 2 N–H and O–H groups in total. The Hall–Kier alpha value is -3.67. The second-order valence-corrected chi connectivity index (χ2v) is 6.08. The number of benzene rings is 1. The van der Waals surface area contributed by atoms with Gasteiger partial charge in [0.1, 0.15) is 5.58 Å². The quantitative estimate of drug-likeness (QED) is 0.548. The number of aromatic nitrogens is 2. The summed E-state index contributed by atoms with van der Waals surface area (Å²) in [7, 11) is 0. The third kappa shape index (κ3) is 4.12. The number of furan rings is 1. The van der Waals surface area contributed by atoms with Gasteiger partial charge in [-0.2, -0.15) is 0 Å². The van der Waals surface area contributed by atoms with Gasteiger partial charge in [-0.1, -0.05) is 12.1 Å². The van der Waals surface area contributed by atoms with Gasteiger partial charge in [-0.3, -0.25) is 14.8 Å². The SMILES string of the molecule is O=C(NCc1cccnc1)c1cc2cc(NCc3ccccn3)ccc2o1. The molecule has 0 unspecified atom stereocenters. The molecule has 134 valence electrons. The molecule has 0 aliphatic heterocycles. The van der Waals surface area contributed by atoms with Crippen molar-refractivity contribution in [3.05, 3.63) is 90.2 Å². The van der Waals surface area contributed by atoms with Gasteiger partial charge in [0.05, 0.1) is 12.2 Å². The van der Waals surface area contributed by atoms with E-state index in [1.54, 1.807) is 24.7 Å². The average molecular weight is 358 g/mol. The molecule has 0 saturated heterocycles. The molecular formula is C21H18N4O2. The van der Waals surface area contributed by atoms with Crippen LogP contribution in [0.25, 0.3) is 11.0 Å². The average Bonchev–Trinajstić information content (AvgIpc) is 3.15. The van der Waals surface area contributed by atoms with Gasteiger partial charge in [0.15, 0.2) is 5.76 Å². The molecular weight excluding hydrogens is 340 g/mol. The van der Waals surface area contributed by atoms with Crippen molar-refractivity contribution >= 4 is 22.6 Å². The zero-order chi connectivity index (χ0) is 18.5. The summed E-state index contributed by atoms with van der Waals surface area (Å²) in [5, 5.41) is 7.04. The topological polar surface area (TPSA) is 80.0 Å². The van der Waals surface area contributed by atoms with E-state index in [4.69, 9.17) is 4.42 Å². The number of anilines is 1. The number of nitrogens with zero attached hydrogens (tertiary/aromatic N) is 2. The van der Waals surface area contributed by atoms with E-state index in [-0.39, 0.29) is 11.7 Å². The molecule has 6 heteroatoms. The summed E-state index contributed by atoms with van der Waals surface area (Å²) in [6, 6.07) is 17.0. The molecule has 4 rings (SSSR count). The first-order valence-electron chi connectivity index (χ1n) is 8.62. The highest BCUT2D eigenvalue weighted by Crippen LogP contribution is 2.23. The highest BCUT2D eigenvalue weighted by molar-refractivity contribution is 5.96. The van der Waals surface area contributed by atoms with Gasteiger partial charge >= 0.3 is 0 Å². The Balaban J connectivity index is 1.43. The summed E-state index contributed by atoms with van der Waals surface area (Å²) in [6.45, 7) is 1.03. The molecule has 0 atom stereocenters. The molecule has 0 aliphatic carbocycles. The van der Waals surface area contributed by atoms with Crippen molar-refractivity contribution in [1.29, 1.82) is 0 Å². The summed E-state index contributed by atoms with van der Waals surface area (Å²) >= 11 is 0. The Morgan fingerprint density at radius 2 is 1.96 bits per heavy atom. The maximum absolute atomic E-state index is 12.3. The third-order valence-electron chi connectivity index (χ3n) is 4.12. The summed E-state index contributed by atoms with van der Waals surface area (Å²) < 4.78 is 5.67. The molecule has 0 spiro atoms. The minimum atomic E-state index is -0.252. The van der Waals surface area contributed by atoms with Crippen molar-refractivity contribution in [3.63, 3.8) is 0 Å². The van der Waals surface area contributed by atoms with Crippen molar-refractivity contribution in [3.8, 4) is 0 Å². The van der Waals surface area contributed by atoms with E-state index in [1.165, 1.54) is 0 Å². The Bertz CT molecular complexity index is 1050. The second-order valence-electron chi connectivity index (χ2n) is 6.08. The number of carbonyl (C=O) groups excluding carboxylic acids is 1. The van der Waals surface area contributed by atoms with Gasteiger partial charge < -0.3 is 15.1 Å². The van der Waals surface area contributed by atoms with E-state index >= 15 is 0 Å². The van der Waals surface area contributed by atoms with Crippen LogP contribution in [0.5, 0.6) is 0 Å². The lowest BCUT2D eigenvalue weighted by molar-refractivity contribution is 0.0925. The first kappa shape index (κ1) is 16.8. The fourth-order valence-corrected chi connectivity index (χ4v) is 2.73. The summed E-state index contributed by atoms with van der Waals surface area (Å²) in [6.07, 6.45) is 5.19. The third-order valence-corrected chi connectivity index (χ3v) is 4.12. The highest BCUT2D eigenvalue weighted by Gasteiger charge is 2.12. The molecule has 0 fully saturated rings. The molecule has 3 heterocycles. The standard InChI is InChI=1S/C21H18N4O2/c26-21(25-13-15-4-3-8-22-12-15)20-11-16-10-17(6-7-19(16)27-20)24-14-18-5-1-2-9-23-18/h1-12,24H,13-14H2,(H,25,26). The summed E-state index contributed by atoms with van der Waals surface area (Å²) in [5.41, 5.74) is 3.50. The fourth-order valence-electron chi connectivity index (χ4n) is 2.73. The van der Waals surface area contributed by atoms with E-state index in [0.29, 0.717) is 18.7 Å². The molecule has 0 bridgehead atoms. The summed E-state index contributed by atoms with van der Waals surface area (Å²) in [4.78, 5) is 20.7. The smallest absolute Gasteiger partial charge is 0.287 e. The number of pyridine rings is 2. The predicted octanol–water partition coefficient (Wildman–Crippen LogP) is 3.76. The molecule has 27 heavy (non-hydrogen) atoms. The number of rotatable bonds is 6. The highest BCUT2D eigenvalue weighted by atomic mass is 16.3. The van der Waals surface area contributed by atoms with Crippen molar-refractivity contribution in [2.24, 2.45) is 0 Å². The van der Waals surface area contributed by atoms with Gasteiger partial charge in [-0.05, 0) is 48.0 Å². The number of carbonyl (C=O) groups is 1. The van der Waals surface area contributed by atoms with Crippen LogP contribution in [0.15, 0.2) is 77.6 Å². The number of nitrogens with one attached hydrogen (secondary N) is 2. The van der Waals surface area contributed by atoms with Crippen molar-refractivity contribution in [1.82, 2.24) is 15.3 Å². The first-order valence-corrected chi connectivity index (χ1v) is 8.62. The van der Waals surface area contributed by atoms with Crippen LogP contribution < -0.4 is 10.6 Å². The number of amides is 1. The zero-order valence-electron chi connectivity index (χ0n) is 14.6. The minimum absolute atomic E-state index is 0.252. The Labute approximate surface area is 156 Å². The molecule has 0 aliphatic rings. The minimum Gasteiger partial charge on any atom is -0.451 e. The maximum Gasteiger partial charge on any atom is 0.287 e. The van der Waals surface area contributed by atoms with Gasteiger partial charge in [0.2, 0.25) is 0 Å². The van der Waals surface area contributed by atoms with Gasteiger partial charge in [0.25, 0.3) is 5.91 Å². The van der Waals surface area contributed by atoms with Crippen LogP contribution in [0.1, 0.15) is 21.8 Å². The van der Waals surface area contributed by atoms with Gasteiger partial charge in [-0.25, -0.2) is 0 Å². The van der Waals surface area contributed by atoms with Crippen LogP contribution in [-0.2, 0) is 13.1 Å². The van der Waals surface area contributed by atoms with Crippen LogP contribution in [0, 0.1) is 0 Å². The van der Waals surface area contributed by atoms with E-state index in [1.807, 2.05) is 48.5 Å². The Kier molecular flexibility index (Phi) is 4.78. The Morgan fingerprint density at radius 1 is 1.00 bits per heavy atom. The largest absolute Gasteiger partial charge is 0.451 e. The monoisotopic (exact) mass is 358 g/mol. The van der Waals surface area contributed by atoms with Crippen molar-refractivity contribution < 1.29 is 9.21 Å². The number of hydrogen-bond acceptors (Lipinski definition) is 5. The van der Waals surface area contributed by atoms with E-state index in [2.05, 4.69) is 20.6 Å². The second kappa shape index (κ2) is 7.70. The molecule has 6 nitrogen and oxygen atoms in total. The summed E-state index contributed by atoms with van der Waals surface area (Å²) in [5.74, 6) is 0.0359. The van der Waals surface area contributed by atoms with Crippen LogP contribution in [0.4, 0.5) is 5.69 Å². The van der Waals surface area contributed by atoms with Crippen LogP contribution in [0.3, 0.4) is 0 Å². The molecule has 3 aromatic heterocycles. The number of hydrogen-bond donors (Lipinski definition) is 2. The lowest BCUT2D eigenvalue weighted by atomic mass is 10.2. The van der Waals surface area contributed by atoms with E-state index in [0.717, 1.165) is 22.3 Å². The number of fused-ring (bicyclic) bond motifs is 1. The predicted molar refractivity (Wildman–Crippen MR) is 103 cm³/mol. The maximum atomic E-state index is 12.3. The first-order chi connectivity index (χ1) is 13.3. The van der Waals surface area contributed by atoms with Gasteiger partial charge in [0, 0.05) is 36.2 Å². The van der Waals surface area contributed by atoms with Gasteiger partial charge in [-0.15, -0.1) is 0 Å². The van der Waals surface area contributed by atoms with Crippen LogP contribution in [-0.4, -0.2) is 15.9 Å². The lowest BCUT2D eigenvalue weighted by Crippen LogP contribution is -2.22. The van der Waals surface area contributed by atoms with E-state index < -0.39 is 0 Å². The fraction of sp³-hybridized carbons (Fsp3) is 0.0952. The molecule has 4 aromatic rings. The normalized spacial score (nSPS) is 10.7. The van der Waals surface area contributed by atoms with Crippen LogP contribution in [0.2, 0.25) is 0 Å². The lowest BCUT2D eigenvalue weighted by Gasteiger charge is -2.05. The zero-order valence-corrected chi connectivity index (χ0v) is 14.6. The van der Waals surface area contributed by atoms with Crippen molar-refractivity contribution in [2.45, 2.75) is 13.1 Å².